The van der Waals surface area contributed by atoms with Gasteiger partial charge in [-0.1, -0.05) is 0 Å². The van der Waals surface area contributed by atoms with Crippen LogP contribution in [-0.2, 0) is 0 Å². The lowest BCUT2D eigenvalue weighted by Crippen LogP contribution is -2.24. The summed E-state index contributed by atoms with van der Waals surface area (Å²) in [5, 5.41) is 3.13. The van der Waals surface area contributed by atoms with Gasteiger partial charge in [-0.3, -0.25) is 4.98 Å². The average Bonchev–Trinajstić information content (AvgIpc) is 2.18. The van der Waals surface area contributed by atoms with Crippen LogP contribution >= 0.6 is 0 Å². The SMILES string of the molecule is CNCCCN(C)c1nccnc1C. The van der Waals surface area contributed by atoms with Crippen LogP contribution in [0.25, 0.3) is 0 Å². The van der Waals surface area contributed by atoms with Crippen molar-refractivity contribution in [2.45, 2.75) is 13.3 Å². The van der Waals surface area contributed by atoms with Crippen molar-refractivity contribution in [2.75, 3.05) is 32.1 Å². The Morgan fingerprint density at radius 1 is 1.36 bits per heavy atom. The van der Waals surface area contributed by atoms with E-state index in [1.165, 1.54) is 0 Å². The zero-order valence-corrected chi connectivity index (χ0v) is 9.12. The van der Waals surface area contributed by atoms with Crippen molar-refractivity contribution >= 4 is 5.82 Å². The first-order valence-corrected chi connectivity index (χ1v) is 4.89. The van der Waals surface area contributed by atoms with Crippen LogP contribution in [0.15, 0.2) is 12.4 Å². The van der Waals surface area contributed by atoms with Crippen LogP contribution in [0.1, 0.15) is 12.1 Å². The van der Waals surface area contributed by atoms with Gasteiger partial charge < -0.3 is 10.2 Å². The van der Waals surface area contributed by atoms with Crippen molar-refractivity contribution in [2.24, 2.45) is 0 Å². The Balaban J connectivity index is 2.51. The Kier molecular flexibility index (Phi) is 4.32. The lowest BCUT2D eigenvalue weighted by molar-refractivity contribution is 0.707. The zero-order valence-electron chi connectivity index (χ0n) is 9.12. The van der Waals surface area contributed by atoms with E-state index in [1.54, 1.807) is 12.4 Å². The van der Waals surface area contributed by atoms with Crippen molar-refractivity contribution < 1.29 is 0 Å². The van der Waals surface area contributed by atoms with E-state index in [2.05, 4.69) is 20.2 Å². The van der Waals surface area contributed by atoms with E-state index in [0.29, 0.717) is 0 Å². The van der Waals surface area contributed by atoms with E-state index >= 15 is 0 Å². The second-order valence-corrected chi connectivity index (χ2v) is 3.34. The molecule has 0 amide bonds. The molecule has 0 radical (unpaired) electrons. The molecule has 0 fully saturated rings. The first kappa shape index (κ1) is 10.9. The quantitative estimate of drug-likeness (QED) is 0.705. The van der Waals surface area contributed by atoms with Gasteiger partial charge in [-0.25, -0.2) is 4.98 Å². The number of hydrogen-bond acceptors (Lipinski definition) is 4. The molecule has 0 saturated carbocycles. The molecule has 0 aliphatic rings. The summed E-state index contributed by atoms with van der Waals surface area (Å²) < 4.78 is 0. The number of anilines is 1. The molecule has 1 aromatic heterocycles. The largest absolute Gasteiger partial charge is 0.358 e. The molecule has 4 nitrogen and oxygen atoms in total. The third kappa shape index (κ3) is 2.96. The van der Waals surface area contributed by atoms with Crippen molar-refractivity contribution in [1.29, 1.82) is 0 Å². The molecule has 0 aliphatic carbocycles. The van der Waals surface area contributed by atoms with E-state index in [-0.39, 0.29) is 0 Å². The van der Waals surface area contributed by atoms with Crippen LogP contribution in [0.2, 0.25) is 0 Å². The maximum absolute atomic E-state index is 4.30. The van der Waals surface area contributed by atoms with Gasteiger partial charge in [0.1, 0.15) is 5.82 Å². The molecule has 0 bridgehead atoms. The predicted molar refractivity (Wildman–Crippen MR) is 58.6 cm³/mol. The average molecular weight is 194 g/mol. The topological polar surface area (TPSA) is 41.0 Å². The third-order valence-corrected chi connectivity index (χ3v) is 2.14. The van der Waals surface area contributed by atoms with Crippen LogP contribution in [0.5, 0.6) is 0 Å². The first-order chi connectivity index (χ1) is 6.75. The number of nitrogens with zero attached hydrogens (tertiary/aromatic N) is 3. The number of hydrogen-bond donors (Lipinski definition) is 1. The fourth-order valence-corrected chi connectivity index (χ4v) is 1.37. The van der Waals surface area contributed by atoms with E-state index < -0.39 is 0 Å². The number of aryl methyl sites for hydroxylation is 1. The first-order valence-electron chi connectivity index (χ1n) is 4.89. The highest BCUT2D eigenvalue weighted by Crippen LogP contribution is 2.11. The summed E-state index contributed by atoms with van der Waals surface area (Å²) in [6.07, 6.45) is 4.57. The van der Waals surface area contributed by atoms with Gasteiger partial charge in [-0.2, -0.15) is 0 Å². The lowest BCUT2D eigenvalue weighted by Gasteiger charge is -2.18. The molecule has 0 aromatic carbocycles. The molecule has 14 heavy (non-hydrogen) atoms. The molecule has 1 aromatic rings. The normalized spacial score (nSPS) is 10.2. The van der Waals surface area contributed by atoms with Gasteiger partial charge in [0.25, 0.3) is 0 Å². The van der Waals surface area contributed by atoms with Gasteiger partial charge in [0, 0.05) is 26.0 Å². The van der Waals surface area contributed by atoms with Crippen molar-refractivity contribution in [3.8, 4) is 0 Å². The summed E-state index contributed by atoms with van der Waals surface area (Å²) in [4.78, 5) is 10.6. The molecule has 0 saturated heterocycles. The second-order valence-electron chi connectivity index (χ2n) is 3.34. The van der Waals surface area contributed by atoms with Gasteiger partial charge in [-0.05, 0) is 26.9 Å². The minimum Gasteiger partial charge on any atom is -0.358 e. The highest BCUT2D eigenvalue weighted by Gasteiger charge is 2.04. The molecule has 0 unspecified atom stereocenters. The van der Waals surface area contributed by atoms with Crippen LogP contribution in [0.4, 0.5) is 5.82 Å². The number of nitrogens with one attached hydrogen (secondary N) is 1. The highest BCUT2D eigenvalue weighted by atomic mass is 15.2. The fraction of sp³-hybridized carbons (Fsp3) is 0.600. The number of rotatable bonds is 5. The van der Waals surface area contributed by atoms with Gasteiger partial charge in [0.05, 0.1) is 5.69 Å². The maximum atomic E-state index is 4.30. The van der Waals surface area contributed by atoms with E-state index in [9.17, 15) is 0 Å². The molecular weight excluding hydrogens is 176 g/mol. The van der Waals surface area contributed by atoms with Crippen molar-refractivity contribution in [1.82, 2.24) is 15.3 Å². The molecule has 4 heteroatoms. The Bertz CT molecular complexity index is 275. The standard InChI is InChI=1S/C10H18N4/c1-9-10(13-7-6-12-9)14(3)8-4-5-11-2/h6-7,11H,4-5,8H2,1-3H3. The van der Waals surface area contributed by atoms with Gasteiger partial charge in [0.2, 0.25) is 0 Å². The molecule has 78 valence electrons. The summed E-state index contributed by atoms with van der Waals surface area (Å²) in [7, 11) is 4.01. The lowest BCUT2D eigenvalue weighted by atomic mass is 10.3. The molecule has 0 spiro atoms. The third-order valence-electron chi connectivity index (χ3n) is 2.14. The Morgan fingerprint density at radius 3 is 2.71 bits per heavy atom. The van der Waals surface area contributed by atoms with Crippen molar-refractivity contribution in [3.63, 3.8) is 0 Å². The Labute approximate surface area is 85.4 Å². The summed E-state index contributed by atoms with van der Waals surface area (Å²) >= 11 is 0. The molecule has 0 atom stereocenters. The summed E-state index contributed by atoms with van der Waals surface area (Å²) in [5.74, 6) is 0.976. The fourth-order valence-electron chi connectivity index (χ4n) is 1.37. The predicted octanol–water partition coefficient (Wildman–Crippen LogP) is 0.831. The summed E-state index contributed by atoms with van der Waals surface area (Å²) in [5.41, 5.74) is 0.986. The van der Waals surface area contributed by atoms with Gasteiger partial charge in [0.15, 0.2) is 0 Å². The Morgan fingerprint density at radius 2 is 2.07 bits per heavy atom. The van der Waals surface area contributed by atoms with E-state index in [1.807, 2.05) is 21.0 Å². The smallest absolute Gasteiger partial charge is 0.149 e. The molecule has 1 heterocycles. The van der Waals surface area contributed by atoms with Crippen LogP contribution < -0.4 is 10.2 Å². The van der Waals surface area contributed by atoms with Gasteiger partial charge in [-0.15, -0.1) is 0 Å². The summed E-state index contributed by atoms with van der Waals surface area (Å²) in [6, 6.07) is 0. The minimum atomic E-state index is 0.976. The second kappa shape index (κ2) is 5.54. The molecule has 1 N–H and O–H groups in total. The van der Waals surface area contributed by atoms with E-state index in [4.69, 9.17) is 0 Å². The summed E-state index contributed by atoms with van der Waals surface area (Å²) in [6.45, 7) is 4.01. The van der Waals surface area contributed by atoms with Gasteiger partial charge >= 0.3 is 0 Å². The van der Waals surface area contributed by atoms with Crippen LogP contribution in [-0.4, -0.2) is 37.2 Å². The van der Waals surface area contributed by atoms with Crippen LogP contribution in [0.3, 0.4) is 0 Å². The highest BCUT2D eigenvalue weighted by molar-refractivity contribution is 5.40. The minimum absolute atomic E-state index is 0.976. The molecule has 0 aliphatic heterocycles. The molecule has 1 rings (SSSR count). The maximum Gasteiger partial charge on any atom is 0.149 e. The van der Waals surface area contributed by atoms with Crippen molar-refractivity contribution in [3.05, 3.63) is 18.1 Å². The van der Waals surface area contributed by atoms with Crippen LogP contribution in [0, 0.1) is 6.92 Å². The Hall–Kier alpha value is -1.16. The zero-order chi connectivity index (χ0) is 10.4. The van der Waals surface area contributed by atoms with E-state index in [0.717, 1.165) is 31.0 Å². The molecular formula is C10H18N4. The number of aromatic nitrogens is 2. The monoisotopic (exact) mass is 194 g/mol.